The molecular formula is C18H28N4O4. The van der Waals surface area contributed by atoms with Gasteiger partial charge in [-0.15, -0.1) is 0 Å². The highest BCUT2D eigenvalue weighted by Gasteiger charge is 2.42. The summed E-state index contributed by atoms with van der Waals surface area (Å²) in [6, 6.07) is 1.47. The van der Waals surface area contributed by atoms with Gasteiger partial charge in [-0.2, -0.15) is 0 Å². The zero-order valence-corrected chi connectivity index (χ0v) is 15.5. The van der Waals surface area contributed by atoms with Crippen molar-refractivity contribution < 1.29 is 14.2 Å². The van der Waals surface area contributed by atoms with E-state index in [-0.39, 0.29) is 29.7 Å². The molecule has 4 unspecified atom stereocenters. The van der Waals surface area contributed by atoms with Gasteiger partial charge in [0.15, 0.2) is 0 Å². The Hall–Kier alpha value is -1.87. The third-order valence-electron chi connectivity index (χ3n) is 5.14. The summed E-state index contributed by atoms with van der Waals surface area (Å²) in [5.74, 6) is 0.415. The second-order valence-corrected chi connectivity index (χ2v) is 6.98. The molecule has 5 atom stereocenters. The molecular weight excluding hydrogens is 336 g/mol. The molecule has 0 amide bonds. The van der Waals surface area contributed by atoms with Crippen LogP contribution >= 0.6 is 0 Å². The van der Waals surface area contributed by atoms with Crippen LogP contribution < -0.4 is 32.7 Å². The van der Waals surface area contributed by atoms with Gasteiger partial charge in [-0.25, -0.2) is 0 Å². The van der Waals surface area contributed by atoms with Crippen LogP contribution in [0.2, 0.25) is 0 Å². The molecule has 3 rings (SSSR count). The van der Waals surface area contributed by atoms with E-state index < -0.39 is 6.10 Å². The van der Waals surface area contributed by atoms with Crippen molar-refractivity contribution in [2.45, 2.75) is 50.2 Å². The smallest absolute Gasteiger partial charge is 0.212 e. The fourth-order valence-corrected chi connectivity index (χ4v) is 3.53. The fourth-order valence-electron chi connectivity index (χ4n) is 3.53. The van der Waals surface area contributed by atoms with Crippen molar-refractivity contribution in [1.82, 2.24) is 0 Å². The van der Waals surface area contributed by atoms with E-state index in [0.717, 1.165) is 12.8 Å². The van der Waals surface area contributed by atoms with E-state index in [4.69, 9.17) is 31.4 Å². The highest BCUT2D eigenvalue weighted by molar-refractivity contribution is 5.73. The van der Waals surface area contributed by atoms with Crippen LogP contribution in [0.1, 0.15) is 37.0 Å². The molecule has 8 nitrogen and oxygen atoms in total. The number of nitrogen functional groups attached to an aromatic ring is 1. The maximum Gasteiger partial charge on any atom is 0.212 e. The largest absolute Gasteiger partial charge is 0.494 e. The van der Waals surface area contributed by atoms with Gasteiger partial charge < -0.3 is 36.7 Å². The van der Waals surface area contributed by atoms with Crippen LogP contribution in [-0.4, -0.2) is 45.1 Å². The van der Waals surface area contributed by atoms with E-state index >= 15 is 0 Å². The summed E-state index contributed by atoms with van der Waals surface area (Å²) in [5.41, 5.74) is 20.2. The first kappa shape index (κ1) is 18.9. The van der Waals surface area contributed by atoms with Crippen LogP contribution in [0.25, 0.3) is 0 Å². The number of fused-ring (bicyclic) bond motifs is 1. The highest BCUT2D eigenvalue weighted by Crippen LogP contribution is 2.47. The normalized spacial score (nSPS) is 28.2. The Morgan fingerprint density at radius 2 is 2.12 bits per heavy atom. The molecule has 1 heterocycles. The van der Waals surface area contributed by atoms with Gasteiger partial charge in [0.05, 0.1) is 25.9 Å². The van der Waals surface area contributed by atoms with Gasteiger partial charge in [-0.05, 0) is 19.8 Å². The molecule has 1 aromatic rings. The molecule has 1 aliphatic heterocycles. The lowest BCUT2D eigenvalue weighted by atomic mass is 9.96. The number of rotatable bonds is 6. The molecule has 144 valence electrons. The van der Waals surface area contributed by atoms with Crippen molar-refractivity contribution >= 4 is 11.4 Å². The van der Waals surface area contributed by atoms with Gasteiger partial charge in [-0.3, -0.25) is 4.79 Å². The Bertz CT molecular complexity index is 740. The molecule has 0 saturated carbocycles. The first-order chi connectivity index (χ1) is 12.4. The maximum absolute atomic E-state index is 12.7. The van der Waals surface area contributed by atoms with E-state index in [1.807, 2.05) is 6.92 Å². The lowest BCUT2D eigenvalue weighted by Gasteiger charge is -2.36. The van der Waals surface area contributed by atoms with E-state index in [1.165, 1.54) is 7.11 Å². The predicted octanol–water partition coefficient (Wildman–Crippen LogP) is 0.321. The number of nitrogens with one attached hydrogen (secondary N) is 1. The quantitative estimate of drug-likeness (QED) is 0.567. The molecule has 1 aromatic carbocycles. The summed E-state index contributed by atoms with van der Waals surface area (Å²) in [6.07, 6.45) is 0.982. The van der Waals surface area contributed by atoms with Crippen LogP contribution in [0.15, 0.2) is 10.9 Å². The van der Waals surface area contributed by atoms with Crippen LogP contribution in [-0.2, 0) is 9.47 Å². The van der Waals surface area contributed by atoms with Crippen LogP contribution in [0.5, 0.6) is 5.75 Å². The van der Waals surface area contributed by atoms with Crippen molar-refractivity contribution in [3.63, 3.8) is 0 Å². The molecule has 7 N–H and O–H groups in total. The Balaban J connectivity index is 1.74. The Morgan fingerprint density at radius 1 is 1.38 bits per heavy atom. The van der Waals surface area contributed by atoms with E-state index in [0.29, 0.717) is 34.9 Å². The molecule has 1 aliphatic carbocycles. The average molecular weight is 364 g/mol. The third-order valence-corrected chi connectivity index (χ3v) is 5.14. The summed E-state index contributed by atoms with van der Waals surface area (Å²) in [5, 5.41) is 2.88. The minimum Gasteiger partial charge on any atom is -0.494 e. The number of methoxy groups -OCH3 is 1. The Labute approximate surface area is 153 Å². The van der Waals surface area contributed by atoms with Crippen molar-refractivity contribution in [2.75, 3.05) is 31.8 Å². The standard InChI is InChI=1S/C18H28N4O4/c1-8(19)11-5-4-9(20)13(26-11)7-25-18-14-10(21)6-12(24-3)16(22-2)17(23)15(14)18/h6,8-9,11,13,18H,4-5,7,19-21H2,1-3H3,(H,22,23)/t8?,9?,11?,13-,18?/m0/s1. The van der Waals surface area contributed by atoms with Crippen molar-refractivity contribution in [2.24, 2.45) is 11.5 Å². The lowest BCUT2D eigenvalue weighted by Crippen LogP contribution is -2.50. The number of hydrogen-bond donors (Lipinski definition) is 4. The average Bonchev–Trinajstić information content (AvgIpc) is 3.35. The minimum atomic E-state index is -0.424. The Morgan fingerprint density at radius 3 is 2.73 bits per heavy atom. The highest BCUT2D eigenvalue weighted by atomic mass is 16.5. The molecule has 0 bridgehead atoms. The Kier molecular flexibility index (Phi) is 5.38. The van der Waals surface area contributed by atoms with Gasteiger partial charge in [0.25, 0.3) is 0 Å². The summed E-state index contributed by atoms with van der Waals surface area (Å²) in [7, 11) is 3.17. The van der Waals surface area contributed by atoms with Crippen LogP contribution in [0.4, 0.5) is 11.4 Å². The van der Waals surface area contributed by atoms with E-state index in [2.05, 4.69) is 5.32 Å². The van der Waals surface area contributed by atoms with Crippen LogP contribution in [0.3, 0.4) is 0 Å². The van der Waals surface area contributed by atoms with Gasteiger partial charge in [-0.1, -0.05) is 0 Å². The topological polar surface area (TPSA) is 135 Å². The second kappa shape index (κ2) is 7.40. The lowest BCUT2D eigenvalue weighted by molar-refractivity contribution is -0.105. The second-order valence-electron chi connectivity index (χ2n) is 6.98. The van der Waals surface area contributed by atoms with Crippen molar-refractivity contribution in [3.8, 4) is 5.75 Å². The molecule has 0 aromatic heterocycles. The third kappa shape index (κ3) is 3.37. The SMILES string of the molecule is CNc1c(OC)cc(N)c2c(c1=O)C2OC[C@@H]1OC(C(C)N)CCC1N. The predicted molar refractivity (Wildman–Crippen MR) is 101 cm³/mol. The van der Waals surface area contributed by atoms with Crippen molar-refractivity contribution in [1.29, 1.82) is 0 Å². The van der Waals surface area contributed by atoms with Gasteiger partial charge >= 0.3 is 0 Å². The van der Waals surface area contributed by atoms with Crippen LogP contribution in [0, 0.1) is 0 Å². The fraction of sp³-hybridized carbons (Fsp3) is 0.611. The molecule has 1 fully saturated rings. The first-order valence-electron chi connectivity index (χ1n) is 8.89. The molecule has 0 spiro atoms. The molecule has 1 saturated heterocycles. The number of hydrogen-bond acceptors (Lipinski definition) is 8. The van der Waals surface area contributed by atoms with E-state index in [1.54, 1.807) is 13.1 Å². The van der Waals surface area contributed by atoms with Gasteiger partial charge in [0.2, 0.25) is 5.43 Å². The molecule has 0 radical (unpaired) electrons. The summed E-state index contributed by atoms with van der Waals surface area (Å²) in [4.78, 5) is 12.7. The summed E-state index contributed by atoms with van der Waals surface area (Å²) < 4.78 is 17.2. The molecule has 8 heteroatoms. The molecule has 26 heavy (non-hydrogen) atoms. The van der Waals surface area contributed by atoms with Gasteiger partial charge in [0, 0.05) is 42.0 Å². The number of anilines is 2. The minimum absolute atomic E-state index is 0.0249. The monoisotopic (exact) mass is 364 g/mol. The zero-order chi connectivity index (χ0) is 19.0. The maximum atomic E-state index is 12.7. The first-order valence-corrected chi connectivity index (χ1v) is 8.89. The summed E-state index contributed by atoms with van der Waals surface area (Å²) in [6.45, 7) is 2.21. The van der Waals surface area contributed by atoms with Crippen molar-refractivity contribution in [3.05, 3.63) is 27.4 Å². The number of ether oxygens (including phenoxy) is 3. The zero-order valence-electron chi connectivity index (χ0n) is 15.5. The molecule has 2 aliphatic rings. The van der Waals surface area contributed by atoms with E-state index in [9.17, 15) is 4.79 Å². The summed E-state index contributed by atoms with van der Waals surface area (Å²) >= 11 is 0. The van der Waals surface area contributed by atoms with Gasteiger partial charge in [0.1, 0.15) is 17.5 Å². The number of nitrogens with two attached hydrogens (primary N) is 3.